The van der Waals surface area contributed by atoms with Crippen molar-refractivity contribution in [2.45, 2.75) is 26.3 Å². The normalized spacial score (nSPS) is 16.2. The lowest BCUT2D eigenvalue weighted by atomic mass is 9.95. The lowest BCUT2D eigenvalue weighted by Crippen LogP contribution is -2.47. The predicted octanol–water partition coefficient (Wildman–Crippen LogP) is 3.57. The van der Waals surface area contributed by atoms with Crippen LogP contribution in [0, 0.1) is 0 Å². The molecule has 0 unspecified atom stereocenters. The van der Waals surface area contributed by atoms with E-state index in [0.717, 1.165) is 16.8 Å². The van der Waals surface area contributed by atoms with Crippen molar-refractivity contribution in [2.75, 3.05) is 19.0 Å². The number of benzene rings is 2. The third kappa shape index (κ3) is 4.68. The minimum absolute atomic E-state index is 0.0875. The highest BCUT2D eigenvalue weighted by atomic mass is 32.1. The van der Waals surface area contributed by atoms with Crippen molar-refractivity contribution in [3.8, 4) is 0 Å². The number of allylic oxidation sites excluding steroid dienone is 1. The summed E-state index contributed by atoms with van der Waals surface area (Å²) in [5.74, 6) is -0.485. The van der Waals surface area contributed by atoms with Gasteiger partial charge >= 0.3 is 5.97 Å². The van der Waals surface area contributed by atoms with Gasteiger partial charge in [0, 0.05) is 17.9 Å². The first-order valence-corrected chi connectivity index (χ1v) is 10.2. The highest BCUT2D eigenvalue weighted by Crippen LogP contribution is 2.31. The van der Waals surface area contributed by atoms with Crippen molar-refractivity contribution in [1.82, 2.24) is 10.2 Å². The van der Waals surface area contributed by atoms with Gasteiger partial charge in [0.1, 0.15) is 0 Å². The van der Waals surface area contributed by atoms with Crippen molar-refractivity contribution in [2.24, 2.45) is 0 Å². The van der Waals surface area contributed by atoms with Gasteiger partial charge in [-0.2, -0.15) is 0 Å². The lowest BCUT2D eigenvalue weighted by molar-refractivity contribution is -0.136. The Morgan fingerprint density at radius 1 is 1.13 bits per heavy atom. The maximum atomic E-state index is 12.5. The molecule has 2 aromatic rings. The molecular weight excluding hydrogens is 398 g/mol. The number of rotatable bonds is 6. The molecule has 0 aromatic heterocycles. The number of amides is 1. The van der Waals surface area contributed by atoms with E-state index in [4.69, 9.17) is 17.0 Å². The number of nitrogens with zero attached hydrogens (tertiary/aromatic N) is 1. The molecule has 0 bridgehead atoms. The summed E-state index contributed by atoms with van der Waals surface area (Å²) < 4.78 is 5.01. The molecule has 1 aliphatic heterocycles. The van der Waals surface area contributed by atoms with E-state index in [0.29, 0.717) is 29.3 Å². The van der Waals surface area contributed by atoms with Gasteiger partial charge in [0.15, 0.2) is 5.11 Å². The Bertz CT molecular complexity index is 971. The molecule has 0 fully saturated rings. The number of hydrogen-bond acceptors (Lipinski definition) is 4. The Balaban J connectivity index is 1.79. The van der Waals surface area contributed by atoms with Crippen LogP contribution in [0.5, 0.6) is 0 Å². The first-order chi connectivity index (χ1) is 14.4. The van der Waals surface area contributed by atoms with Gasteiger partial charge in [-0.3, -0.25) is 4.79 Å². The first kappa shape index (κ1) is 21.5. The number of esters is 1. The first-order valence-electron chi connectivity index (χ1n) is 9.75. The maximum Gasteiger partial charge on any atom is 0.337 e. The fourth-order valence-electron chi connectivity index (χ4n) is 3.53. The summed E-state index contributed by atoms with van der Waals surface area (Å²) >= 11 is 5.47. The fourth-order valence-corrected chi connectivity index (χ4v) is 3.92. The second-order valence-corrected chi connectivity index (χ2v) is 7.34. The molecule has 6 nitrogen and oxygen atoms in total. The minimum Gasteiger partial charge on any atom is -0.466 e. The quantitative estimate of drug-likeness (QED) is 0.547. The number of anilines is 1. The molecule has 7 heteroatoms. The molecule has 3 rings (SSSR count). The summed E-state index contributed by atoms with van der Waals surface area (Å²) in [6.45, 7) is 4.49. The van der Waals surface area contributed by atoms with Crippen LogP contribution in [0.2, 0.25) is 0 Å². The maximum absolute atomic E-state index is 12.5. The number of nitrogens with one attached hydrogen (secondary N) is 2. The standard InChI is InChI=1S/C23H25N3O3S/c1-4-26-15(2)20(22(28)29-3)21(25-23(26)30)17-10-12-18(13-11-17)24-19(27)14-16-8-6-5-7-9-16/h5-13,21H,4,14H2,1-3H3,(H,24,27)(H,25,30)/t21-/m0/s1. The number of methoxy groups -OCH3 is 1. The molecule has 0 spiro atoms. The second kappa shape index (κ2) is 9.54. The van der Waals surface area contributed by atoms with Gasteiger partial charge in [-0.1, -0.05) is 42.5 Å². The van der Waals surface area contributed by atoms with Crippen molar-refractivity contribution in [1.29, 1.82) is 0 Å². The molecule has 0 saturated heterocycles. The molecule has 1 amide bonds. The highest BCUT2D eigenvalue weighted by molar-refractivity contribution is 7.80. The Morgan fingerprint density at radius 3 is 2.40 bits per heavy atom. The van der Waals surface area contributed by atoms with Gasteiger partial charge in [-0.05, 0) is 49.3 Å². The van der Waals surface area contributed by atoms with Gasteiger partial charge in [0.25, 0.3) is 0 Å². The third-order valence-corrected chi connectivity index (χ3v) is 5.39. The molecule has 1 aliphatic rings. The monoisotopic (exact) mass is 423 g/mol. The zero-order chi connectivity index (χ0) is 21.7. The predicted molar refractivity (Wildman–Crippen MR) is 121 cm³/mol. The van der Waals surface area contributed by atoms with E-state index in [2.05, 4.69) is 10.6 Å². The van der Waals surface area contributed by atoms with Gasteiger partial charge < -0.3 is 20.3 Å². The number of thiocarbonyl (C=S) groups is 1. The van der Waals surface area contributed by atoms with Crippen LogP contribution in [0.1, 0.15) is 31.0 Å². The Kier molecular flexibility index (Phi) is 6.84. The van der Waals surface area contributed by atoms with E-state index in [9.17, 15) is 9.59 Å². The average Bonchev–Trinajstić information content (AvgIpc) is 2.74. The van der Waals surface area contributed by atoms with Crippen molar-refractivity contribution in [3.05, 3.63) is 77.0 Å². The molecule has 30 heavy (non-hydrogen) atoms. The molecule has 1 atom stereocenters. The molecule has 2 aromatic carbocycles. The summed E-state index contributed by atoms with van der Waals surface area (Å²) in [4.78, 5) is 26.6. The molecule has 0 aliphatic carbocycles. The number of carbonyl (C=O) groups excluding carboxylic acids is 2. The Morgan fingerprint density at radius 2 is 1.80 bits per heavy atom. The van der Waals surface area contributed by atoms with Gasteiger partial charge in [0.2, 0.25) is 5.91 Å². The van der Waals surface area contributed by atoms with Crippen LogP contribution in [0.15, 0.2) is 65.9 Å². The number of carbonyl (C=O) groups is 2. The summed E-state index contributed by atoms with van der Waals surface area (Å²) in [5, 5.41) is 6.70. The van der Waals surface area contributed by atoms with Crippen molar-refractivity contribution in [3.63, 3.8) is 0 Å². The van der Waals surface area contributed by atoms with Gasteiger partial charge in [-0.15, -0.1) is 0 Å². The fraction of sp³-hybridized carbons (Fsp3) is 0.261. The average molecular weight is 424 g/mol. The topological polar surface area (TPSA) is 70.7 Å². The molecule has 2 N–H and O–H groups in total. The Labute approximate surface area is 181 Å². The smallest absolute Gasteiger partial charge is 0.337 e. The molecule has 0 saturated carbocycles. The van der Waals surface area contributed by atoms with E-state index in [1.54, 1.807) is 0 Å². The molecule has 1 heterocycles. The van der Waals surface area contributed by atoms with E-state index < -0.39 is 12.0 Å². The zero-order valence-electron chi connectivity index (χ0n) is 17.3. The van der Waals surface area contributed by atoms with Crippen LogP contribution in [0.25, 0.3) is 0 Å². The largest absolute Gasteiger partial charge is 0.466 e. The van der Waals surface area contributed by atoms with Crippen LogP contribution >= 0.6 is 12.2 Å². The van der Waals surface area contributed by atoms with E-state index in [1.807, 2.05) is 73.3 Å². The van der Waals surface area contributed by atoms with Gasteiger partial charge in [-0.25, -0.2) is 4.79 Å². The summed E-state index contributed by atoms with van der Waals surface area (Å²) in [6.07, 6.45) is 0.308. The Hall–Kier alpha value is -3.19. The lowest BCUT2D eigenvalue weighted by Gasteiger charge is -2.36. The van der Waals surface area contributed by atoms with Crippen molar-refractivity contribution < 1.29 is 14.3 Å². The molecule has 0 radical (unpaired) electrons. The van der Waals surface area contributed by atoms with Crippen LogP contribution in [0.4, 0.5) is 5.69 Å². The van der Waals surface area contributed by atoms with Crippen LogP contribution in [-0.2, 0) is 20.7 Å². The van der Waals surface area contributed by atoms with E-state index in [1.165, 1.54) is 7.11 Å². The van der Waals surface area contributed by atoms with Crippen LogP contribution < -0.4 is 10.6 Å². The minimum atomic E-state index is -0.415. The van der Waals surface area contributed by atoms with E-state index in [-0.39, 0.29) is 5.91 Å². The van der Waals surface area contributed by atoms with Crippen molar-refractivity contribution >= 4 is 34.9 Å². The number of hydrogen-bond donors (Lipinski definition) is 2. The summed E-state index contributed by atoms with van der Waals surface area (Å²) in [5.41, 5.74) is 3.80. The number of ether oxygens (including phenoxy) is 1. The SMILES string of the molecule is CCN1C(=S)N[C@@H](c2ccc(NC(=O)Cc3ccccc3)cc2)C(C(=O)OC)=C1C. The third-order valence-electron chi connectivity index (χ3n) is 5.05. The van der Waals surface area contributed by atoms with Crippen LogP contribution in [-0.4, -0.2) is 35.5 Å². The summed E-state index contributed by atoms with van der Waals surface area (Å²) in [7, 11) is 1.37. The van der Waals surface area contributed by atoms with Crippen LogP contribution in [0.3, 0.4) is 0 Å². The zero-order valence-corrected chi connectivity index (χ0v) is 18.1. The highest BCUT2D eigenvalue weighted by Gasteiger charge is 2.33. The van der Waals surface area contributed by atoms with Gasteiger partial charge in [0.05, 0.1) is 25.1 Å². The second-order valence-electron chi connectivity index (χ2n) is 6.95. The van der Waals surface area contributed by atoms with E-state index >= 15 is 0 Å². The molecular formula is C23H25N3O3S. The molecule has 156 valence electrons. The summed E-state index contributed by atoms with van der Waals surface area (Å²) in [6, 6.07) is 16.5.